The van der Waals surface area contributed by atoms with Crippen molar-refractivity contribution < 1.29 is 4.39 Å². The fourth-order valence-electron chi connectivity index (χ4n) is 3.24. The van der Waals surface area contributed by atoms with Gasteiger partial charge in [-0.1, -0.05) is 24.6 Å². The normalized spacial score (nSPS) is 18.1. The van der Waals surface area contributed by atoms with Crippen LogP contribution >= 0.6 is 11.6 Å². The number of rotatable bonds is 6. The number of hydrogen-bond acceptors (Lipinski definition) is 2. The average Bonchev–Trinajstić information content (AvgIpc) is 2.95. The molecule has 0 aromatic heterocycles. The molecule has 1 aromatic rings. The number of nitrogens with one attached hydrogen (secondary N) is 1. The molecule has 1 aliphatic heterocycles. The number of nitrogens with zero attached hydrogens (tertiary/aromatic N) is 1. The van der Waals surface area contributed by atoms with E-state index in [1.807, 2.05) is 6.07 Å². The van der Waals surface area contributed by atoms with Crippen LogP contribution in [0.3, 0.4) is 0 Å². The Labute approximate surface area is 132 Å². The SMILES string of the molecule is CCCNC(c1ccc(Cl)cc1F)C(C)(C)N1CCCC1. The first-order chi connectivity index (χ1) is 9.96. The molecule has 1 aliphatic rings. The lowest BCUT2D eigenvalue weighted by molar-refractivity contribution is 0.105. The second kappa shape index (κ2) is 7.08. The maximum atomic E-state index is 14.4. The molecule has 1 fully saturated rings. The van der Waals surface area contributed by atoms with Gasteiger partial charge in [-0.3, -0.25) is 4.90 Å². The van der Waals surface area contributed by atoms with Crippen molar-refractivity contribution in [1.29, 1.82) is 0 Å². The predicted molar refractivity (Wildman–Crippen MR) is 87.3 cm³/mol. The number of halogens is 2. The first-order valence-corrected chi connectivity index (χ1v) is 8.28. The summed E-state index contributed by atoms with van der Waals surface area (Å²) in [5, 5.41) is 3.99. The minimum atomic E-state index is -0.219. The fourth-order valence-corrected chi connectivity index (χ4v) is 3.40. The lowest BCUT2D eigenvalue weighted by Crippen LogP contribution is -2.52. The summed E-state index contributed by atoms with van der Waals surface area (Å²) < 4.78 is 14.4. The molecular formula is C17H26ClFN2. The Morgan fingerprint density at radius 3 is 2.57 bits per heavy atom. The van der Waals surface area contributed by atoms with Gasteiger partial charge in [0.1, 0.15) is 5.82 Å². The topological polar surface area (TPSA) is 15.3 Å². The van der Waals surface area contributed by atoms with E-state index in [4.69, 9.17) is 11.6 Å². The van der Waals surface area contributed by atoms with E-state index in [2.05, 4.69) is 31.0 Å². The molecule has 1 atom stereocenters. The van der Waals surface area contributed by atoms with Crippen LogP contribution in [0.5, 0.6) is 0 Å². The zero-order chi connectivity index (χ0) is 15.5. The van der Waals surface area contributed by atoms with Crippen molar-refractivity contribution in [2.75, 3.05) is 19.6 Å². The minimum Gasteiger partial charge on any atom is -0.308 e. The highest BCUT2D eigenvalue weighted by Crippen LogP contribution is 2.35. The van der Waals surface area contributed by atoms with E-state index >= 15 is 0 Å². The predicted octanol–water partition coefficient (Wildman–Crippen LogP) is 4.39. The molecule has 2 rings (SSSR count). The van der Waals surface area contributed by atoms with Crippen molar-refractivity contribution in [1.82, 2.24) is 10.2 Å². The summed E-state index contributed by atoms with van der Waals surface area (Å²) in [6.45, 7) is 9.60. The van der Waals surface area contributed by atoms with Gasteiger partial charge in [0, 0.05) is 16.1 Å². The monoisotopic (exact) mass is 312 g/mol. The van der Waals surface area contributed by atoms with E-state index in [0.29, 0.717) is 10.6 Å². The van der Waals surface area contributed by atoms with Crippen LogP contribution in [0.4, 0.5) is 4.39 Å². The third-order valence-corrected chi connectivity index (χ3v) is 4.73. The van der Waals surface area contributed by atoms with Gasteiger partial charge < -0.3 is 5.32 Å². The second-order valence-corrected chi connectivity index (χ2v) is 6.84. The van der Waals surface area contributed by atoms with Crippen molar-refractivity contribution in [3.8, 4) is 0 Å². The summed E-state index contributed by atoms with van der Waals surface area (Å²) in [7, 11) is 0. The highest BCUT2D eigenvalue weighted by Gasteiger charge is 2.38. The Morgan fingerprint density at radius 2 is 2.00 bits per heavy atom. The van der Waals surface area contributed by atoms with Crippen LogP contribution in [0.2, 0.25) is 5.02 Å². The van der Waals surface area contributed by atoms with E-state index in [0.717, 1.165) is 26.1 Å². The highest BCUT2D eigenvalue weighted by molar-refractivity contribution is 6.30. The lowest BCUT2D eigenvalue weighted by atomic mass is 9.86. The quantitative estimate of drug-likeness (QED) is 0.838. The highest BCUT2D eigenvalue weighted by atomic mass is 35.5. The second-order valence-electron chi connectivity index (χ2n) is 6.40. The Kier molecular flexibility index (Phi) is 5.64. The molecule has 0 spiro atoms. The Hall–Kier alpha value is -0.640. The molecule has 21 heavy (non-hydrogen) atoms. The summed E-state index contributed by atoms with van der Waals surface area (Å²) in [6.07, 6.45) is 3.49. The molecule has 1 saturated heterocycles. The maximum Gasteiger partial charge on any atom is 0.129 e. The summed E-state index contributed by atoms with van der Waals surface area (Å²) in [5.41, 5.74) is 0.588. The van der Waals surface area contributed by atoms with Gasteiger partial charge in [0.05, 0.1) is 6.04 Å². The van der Waals surface area contributed by atoms with Crippen LogP contribution in [0.25, 0.3) is 0 Å². The largest absolute Gasteiger partial charge is 0.308 e. The molecule has 1 heterocycles. The molecule has 0 bridgehead atoms. The molecule has 0 aliphatic carbocycles. The minimum absolute atomic E-state index is 0.0344. The van der Waals surface area contributed by atoms with Crippen molar-refractivity contribution in [3.63, 3.8) is 0 Å². The molecular weight excluding hydrogens is 287 g/mol. The number of hydrogen-bond donors (Lipinski definition) is 1. The molecule has 1 unspecified atom stereocenters. The van der Waals surface area contributed by atoms with Gasteiger partial charge in [-0.2, -0.15) is 0 Å². The van der Waals surface area contributed by atoms with E-state index < -0.39 is 0 Å². The zero-order valence-corrected chi connectivity index (χ0v) is 14.0. The standard InChI is InChI=1S/C17H26ClFN2/c1-4-9-20-16(14-8-7-13(18)12-15(14)19)17(2,3)21-10-5-6-11-21/h7-8,12,16,20H,4-6,9-11H2,1-3H3. The van der Waals surface area contributed by atoms with Gasteiger partial charge in [0.2, 0.25) is 0 Å². The molecule has 2 nitrogen and oxygen atoms in total. The number of benzene rings is 1. The van der Waals surface area contributed by atoms with E-state index in [1.54, 1.807) is 6.07 Å². The van der Waals surface area contributed by atoms with E-state index in [-0.39, 0.29) is 17.4 Å². The third-order valence-electron chi connectivity index (χ3n) is 4.50. The Morgan fingerprint density at radius 1 is 1.33 bits per heavy atom. The first kappa shape index (κ1) is 16.7. The Bertz CT molecular complexity index is 470. The van der Waals surface area contributed by atoms with Gasteiger partial charge in [0.25, 0.3) is 0 Å². The summed E-state index contributed by atoms with van der Waals surface area (Å²) in [5.74, 6) is -0.219. The van der Waals surface area contributed by atoms with Crippen LogP contribution < -0.4 is 5.32 Å². The van der Waals surface area contributed by atoms with Crippen molar-refractivity contribution in [2.24, 2.45) is 0 Å². The van der Waals surface area contributed by atoms with Crippen molar-refractivity contribution in [2.45, 2.75) is 51.6 Å². The number of likely N-dealkylation sites (tertiary alicyclic amines) is 1. The zero-order valence-electron chi connectivity index (χ0n) is 13.3. The van der Waals surface area contributed by atoms with Crippen molar-refractivity contribution in [3.05, 3.63) is 34.6 Å². The van der Waals surface area contributed by atoms with Gasteiger partial charge in [-0.25, -0.2) is 4.39 Å². The van der Waals surface area contributed by atoms with E-state index in [1.165, 1.54) is 18.9 Å². The van der Waals surface area contributed by atoms with Gasteiger partial charge >= 0.3 is 0 Å². The maximum absolute atomic E-state index is 14.4. The van der Waals surface area contributed by atoms with E-state index in [9.17, 15) is 4.39 Å². The van der Waals surface area contributed by atoms with Crippen LogP contribution in [-0.4, -0.2) is 30.1 Å². The molecule has 1 aromatic carbocycles. The lowest BCUT2D eigenvalue weighted by Gasteiger charge is -2.43. The molecule has 0 amide bonds. The smallest absolute Gasteiger partial charge is 0.129 e. The summed E-state index contributed by atoms with van der Waals surface area (Å²) in [4.78, 5) is 2.47. The third kappa shape index (κ3) is 3.77. The van der Waals surface area contributed by atoms with Crippen LogP contribution in [-0.2, 0) is 0 Å². The molecule has 0 saturated carbocycles. The summed E-state index contributed by atoms with van der Waals surface area (Å²) in [6, 6.07) is 4.98. The van der Waals surface area contributed by atoms with Gasteiger partial charge in [-0.15, -0.1) is 0 Å². The van der Waals surface area contributed by atoms with Crippen LogP contribution in [0, 0.1) is 5.82 Å². The molecule has 4 heteroatoms. The first-order valence-electron chi connectivity index (χ1n) is 7.90. The summed E-state index contributed by atoms with van der Waals surface area (Å²) >= 11 is 5.90. The van der Waals surface area contributed by atoms with Crippen molar-refractivity contribution >= 4 is 11.6 Å². The van der Waals surface area contributed by atoms with Crippen LogP contribution in [0.15, 0.2) is 18.2 Å². The fraction of sp³-hybridized carbons (Fsp3) is 0.647. The van der Waals surface area contributed by atoms with Gasteiger partial charge in [0.15, 0.2) is 0 Å². The Balaban J connectivity index is 2.32. The van der Waals surface area contributed by atoms with Gasteiger partial charge in [-0.05, 0) is 64.9 Å². The van der Waals surface area contributed by atoms with Crippen LogP contribution in [0.1, 0.15) is 51.6 Å². The average molecular weight is 313 g/mol. The molecule has 0 radical (unpaired) electrons. The molecule has 1 N–H and O–H groups in total. The molecule has 118 valence electrons.